The van der Waals surface area contributed by atoms with Crippen molar-refractivity contribution in [3.63, 3.8) is 0 Å². The molecular formula is C21H26F3N5O2. The Balaban J connectivity index is 1.97. The summed E-state index contributed by atoms with van der Waals surface area (Å²) in [7, 11) is 3.40. The number of hydrogen-bond donors (Lipinski definition) is 2. The van der Waals surface area contributed by atoms with Gasteiger partial charge in [-0.3, -0.25) is 4.79 Å². The number of alkyl halides is 3. The van der Waals surface area contributed by atoms with Crippen LogP contribution in [0, 0.1) is 0 Å². The molecule has 0 saturated heterocycles. The lowest BCUT2D eigenvalue weighted by Gasteiger charge is -2.13. The van der Waals surface area contributed by atoms with Gasteiger partial charge in [-0.2, -0.15) is 13.2 Å². The number of guanidine groups is 1. The lowest BCUT2D eigenvalue weighted by Crippen LogP contribution is -2.36. The molecule has 1 aromatic heterocycles. The topological polar surface area (TPSA) is 78.9 Å². The maximum absolute atomic E-state index is 12.3. The van der Waals surface area contributed by atoms with Gasteiger partial charge in [0.2, 0.25) is 5.88 Å². The van der Waals surface area contributed by atoms with E-state index in [1.165, 1.54) is 17.2 Å². The van der Waals surface area contributed by atoms with Gasteiger partial charge >= 0.3 is 6.18 Å². The van der Waals surface area contributed by atoms with E-state index < -0.39 is 12.8 Å². The van der Waals surface area contributed by atoms with E-state index in [9.17, 15) is 18.0 Å². The van der Waals surface area contributed by atoms with E-state index >= 15 is 0 Å². The van der Waals surface area contributed by atoms with Gasteiger partial charge < -0.3 is 20.3 Å². The smallest absolute Gasteiger partial charge is 0.422 e. The van der Waals surface area contributed by atoms with E-state index in [1.54, 1.807) is 32.3 Å². The molecule has 0 atom stereocenters. The fourth-order valence-electron chi connectivity index (χ4n) is 2.50. The summed E-state index contributed by atoms with van der Waals surface area (Å²) < 4.78 is 41.5. The molecule has 168 valence electrons. The number of halogens is 3. The molecule has 31 heavy (non-hydrogen) atoms. The average Bonchev–Trinajstić information content (AvgIpc) is 2.74. The van der Waals surface area contributed by atoms with Crippen LogP contribution in [0.3, 0.4) is 0 Å². The van der Waals surface area contributed by atoms with Crippen molar-refractivity contribution in [3.05, 3.63) is 59.3 Å². The molecule has 0 fully saturated rings. The highest BCUT2D eigenvalue weighted by molar-refractivity contribution is 5.93. The van der Waals surface area contributed by atoms with Crippen LogP contribution in [-0.4, -0.2) is 55.2 Å². The largest absolute Gasteiger partial charge is 0.468 e. The predicted molar refractivity (Wildman–Crippen MR) is 112 cm³/mol. The van der Waals surface area contributed by atoms with Crippen molar-refractivity contribution in [1.29, 1.82) is 0 Å². The predicted octanol–water partition coefficient (Wildman–Crippen LogP) is 2.98. The molecule has 2 aromatic rings. The second-order valence-electron chi connectivity index (χ2n) is 6.85. The monoisotopic (exact) mass is 437 g/mol. The van der Waals surface area contributed by atoms with Crippen LogP contribution in [0.5, 0.6) is 5.88 Å². The maximum atomic E-state index is 12.3. The number of ether oxygens (including phenoxy) is 1. The summed E-state index contributed by atoms with van der Waals surface area (Å²) in [6.07, 6.45) is -3.04. The van der Waals surface area contributed by atoms with E-state index in [-0.39, 0.29) is 18.3 Å². The number of nitrogens with zero attached hydrogens (tertiary/aromatic N) is 3. The minimum atomic E-state index is -4.42. The highest BCUT2D eigenvalue weighted by Gasteiger charge is 2.28. The van der Waals surface area contributed by atoms with E-state index in [0.29, 0.717) is 30.2 Å². The van der Waals surface area contributed by atoms with Gasteiger partial charge in [-0.05, 0) is 36.2 Å². The molecule has 1 heterocycles. The number of carbonyl (C=O) groups is 1. The van der Waals surface area contributed by atoms with Crippen LogP contribution in [0.2, 0.25) is 0 Å². The molecule has 1 amide bonds. The van der Waals surface area contributed by atoms with Crippen molar-refractivity contribution in [2.75, 3.05) is 27.2 Å². The van der Waals surface area contributed by atoms with Crippen molar-refractivity contribution < 1.29 is 22.7 Å². The Labute approximate surface area is 179 Å². The lowest BCUT2D eigenvalue weighted by molar-refractivity contribution is -0.154. The quantitative estimate of drug-likeness (QED) is 0.490. The summed E-state index contributed by atoms with van der Waals surface area (Å²) in [6.45, 7) is 1.89. The van der Waals surface area contributed by atoms with Gasteiger partial charge in [-0.15, -0.1) is 0 Å². The second kappa shape index (κ2) is 11.2. The van der Waals surface area contributed by atoms with E-state index in [2.05, 4.69) is 25.3 Å². The number of aromatic nitrogens is 1. The number of carbonyl (C=O) groups excluding carboxylic acids is 1. The number of hydrogen-bond acceptors (Lipinski definition) is 4. The second-order valence-corrected chi connectivity index (χ2v) is 6.85. The summed E-state index contributed by atoms with van der Waals surface area (Å²) in [5.74, 6) is 0.381. The zero-order valence-corrected chi connectivity index (χ0v) is 17.7. The number of amides is 1. The Morgan fingerprint density at radius 1 is 1.13 bits per heavy atom. The Morgan fingerprint density at radius 3 is 2.45 bits per heavy atom. The van der Waals surface area contributed by atoms with Crippen molar-refractivity contribution >= 4 is 11.9 Å². The fraction of sp³-hybridized carbons (Fsp3) is 0.381. The molecule has 0 bridgehead atoms. The maximum Gasteiger partial charge on any atom is 0.422 e. The Morgan fingerprint density at radius 2 is 1.84 bits per heavy atom. The zero-order chi connectivity index (χ0) is 22.9. The molecule has 10 heteroatoms. The van der Waals surface area contributed by atoms with Crippen LogP contribution in [0.4, 0.5) is 13.2 Å². The average molecular weight is 437 g/mol. The molecular weight excluding hydrogens is 411 g/mol. The van der Waals surface area contributed by atoms with E-state index in [1.807, 2.05) is 19.1 Å². The van der Waals surface area contributed by atoms with Crippen LogP contribution in [0.15, 0.2) is 47.6 Å². The molecule has 0 radical (unpaired) electrons. The minimum Gasteiger partial charge on any atom is -0.468 e. The first-order chi connectivity index (χ1) is 14.7. The first kappa shape index (κ1) is 24.0. The minimum absolute atomic E-state index is 0.0645. The van der Waals surface area contributed by atoms with Gasteiger partial charge in [0.15, 0.2) is 12.6 Å². The van der Waals surface area contributed by atoms with E-state index in [0.717, 1.165) is 5.56 Å². The van der Waals surface area contributed by atoms with Crippen LogP contribution in [0.1, 0.15) is 28.4 Å². The third-order valence-corrected chi connectivity index (χ3v) is 4.01. The Hall–Kier alpha value is -3.30. The first-order valence-electron chi connectivity index (χ1n) is 9.65. The van der Waals surface area contributed by atoms with Crippen molar-refractivity contribution in [2.24, 2.45) is 4.99 Å². The molecule has 0 saturated carbocycles. The third kappa shape index (κ3) is 8.53. The molecule has 0 aliphatic carbocycles. The van der Waals surface area contributed by atoms with E-state index in [4.69, 9.17) is 0 Å². The van der Waals surface area contributed by atoms with Crippen molar-refractivity contribution in [3.8, 4) is 5.88 Å². The lowest BCUT2D eigenvalue weighted by atomic mass is 10.1. The Bertz CT molecular complexity index is 883. The molecule has 2 rings (SSSR count). The number of nitrogens with one attached hydrogen (secondary N) is 2. The fourth-order valence-corrected chi connectivity index (χ4v) is 2.50. The molecule has 2 N–H and O–H groups in total. The van der Waals surface area contributed by atoms with Gasteiger partial charge in [0.25, 0.3) is 5.91 Å². The van der Waals surface area contributed by atoms with Crippen LogP contribution in [-0.2, 0) is 13.1 Å². The standard InChI is InChI=1S/C21H26F3N5O2/c1-4-25-20(27-12-15-5-7-17(8-6-15)19(30)29(2)3)28-13-16-9-10-26-18(11-16)31-14-21(22,23)24/h5-11H,4,12-14H2,1-3H3,(H2,25,27,28). The number of rotatable bonds is 8. The van der Waals surface area contributed by atoms with Gasteiger partial charge in [0.05, 0.1) is 6.54 Å². The van der Waals surface area contributed by atoms with Crippen LogP contribution < -0.4 is 15.4 Å². The van der Waals surface area contributed by atoms with Crippen LogP contribution in [0.25, 0.3) is 0 Å². The number of pyridine rings is 1. The number of aliphatic imine (C=N–C) groups is 1. The van der Waals surface area contributed by atoms with Crippen molar-refractivity contribution in [1.82, 2.24) is 20.5 Å². The molecule has 0 unspecified atom stereocenters. The zero-order valence-electron chi connectivity index (χ0n) is 17.7. The van der Waals surface area contributed by atoms with Gasteiger partial charge in [-0.25, -0.2) is 9.98 Å². The summed E-state index contributed by atoms with van der Waals surface area (Å²) in [5, 5.41) is 6.30. The number of benzene rings is 1. The Kier molecular flexibility index (Phi) is 8.65. The summed E-state index contributed by atoms with van der Waals surface area (Å²) in [5.41, 5.74) is 2.24. The molecule has 0 aliphatic rings. The summed E-state index contributed by atoms with van der Waals surface area (Å²) in [4.78, 5) is 21.7. The highest BCUT2D eigenvalue weighted by Crippen LogP contribution is 2.17. The normalized spacial score (nSPS) is 11.7. The summed E-state index contributed by atoms with van der Waals surface area (Å²) >= 11 is 0. The van der Waals surface area contributed by atoms with Crippen LogP contribution >= 0.6 is 0 Å². The van der Waals surface area contributed by atoms with Gasteiger partial charge in [0.1, 0.15) is 0 Å². The summed E-state index contributed by atoms with van der Waals surface area (Å²) in [6, 6.07) is 10.3. The van der Waals surface area contributed by atoms with Gasteiger partial charge in [-0.1, -0.05) is 12.1 Å². The molecule has 0 aliphatic heterocycles. The highest BCUT2D eigenvalue weighted by atomic mass is 19.4. The first-order valence-corrected chi connectivity index (χ1v) is 9.65. The third-order valence-electron chi connectivity index (χ3n) is 4.01. The SMILES string of the molecule is CCNC(=NCc1ccnc(OCC(F)(F)F)c1)NCc1ccc(C(=O)N(C)C)cc1. The molecule has 0 spiro atoms. The van der Waals surface area contributed by atoms with Gasteiger partial charge in [0, 0.05) is 45.0 Å². The van der Waals surface area contributed by atoms with Crippen molar-refractivity contribution in [2.45, 2.75) is 26.2 Å². The molecule has 1 aromatic carbocycles. The molecule has 7 nitrogen and oxygen atoms in total.